The molecule has 0 aromatic heterocycles. The molecule has 0 bridgehead atoms. The molecular weight excluding hydrogens is 620 g/mol. The van der Waals surface area contributed by atoms with E-state index in [1.54, 1.807) is 20.8 Å². The number of benzene rings is 3. The van der Waals surface area contributed by atoms with Crippen molar-refractivity contribution in [2.45, 2.75) is 96.6 Å². The van der Waals surface area contributed by atoms with Gasteiger partial charge < -0.3 is 26.2 Å². The van der Waals surface area contributed by atoms with E-state index in [-0.39, 0.29) is 25.2 Å². The van der Waals surface area contributed by atoms with Gasteiger partial charge in [-0.15, -0.1) is 0 Å². The fraction of sp³-hybridized carbons (Fsp3) is 0.436. The summed E-state index contributed by atoms with van der Waals surface area (Å²) in [5.41, 5.74) is 8.19. The zero-order chi connectivity index (χ0) is 36.0. The number of amides is 4. The van der Waals surface area contributed by atoms with Gasteiger partial charge in [0.05, 0.1) is 6.10 Å². The number of rotatable bonds is 16. The zero-order valence-corrected chi connectivity index (χ0v) is 29.2. The number of nitrogens with one attached hydrogen (secondary N) is 3. The fourth-order valence-corrected chi connectivity index (χ4v) is 5.46. The van der Waals surface area contributed by atoms with Crippen molar-refractivity contribution in [3.05, 3.63) is 108 Å². The van der Waals surface area contributed by atoms with Gasteiger partial charge in [0.1, 0.15) is 17.7 Å². The molecule has 0 saturated heterocycles. The molecule has 2 unspecified atom stereocenters. The number of hydrogen-bond acceptors (Lipinski definition) is 7. The van der Waals surface area contributed by atoms with Crippen LogP contribution >= 0.6 is 0 Å². The van der Waals surface area contributed by atoms with E-state index in [1.165, 1.54) is 0 Å². The third kappa shape index (κ3) is 14.2. The zero-order valence-electron chi connectivity index (χ0n) is 29.2. The summed E-state index contributed by atoms with van der Waals surface area (Å²) in [4.78, 5) is 53.9. The SMILES string of the molecule is CC(C)CC(NC(=O)OC(C)(C)C)C(=O)NC(Cc1ccccc1)C(=O)NC(=O)[C@H](Cc1ccccc1)C[C@H](O)[C@@H](N)Cc1ccccc1. The Labute approximate surface area is 290 Å². The third-order valence-electron chi connectivity index (χ3n) is 7.91. The Hall–Kier alpha value is -4.54. The van der Waals surface area contributed by atoms with Gasteiger partial charge in [0.2, 0.25) is 17.7 Å². The van der Waals surface area contributed by atoms with Crippen LogP contribution < -0.4 is 21.7 Å². The van der Waals surface area contributed by atoms with Crippen molar-refractivity contribution < 1.29 is 29.0 Å². The Bertz CT molecular complexity index is 1480. The fourth-order valence-electron chi connectivity index (χ4n) is 5.46. The van der Waals surface area contributed by atoms with E-state index in [1.807, 2.05) is 105 Å². The molecule has 0 spiro atoms. The van der Waals surface area contributed by atoms with Gasteiger partial charge in [-0.05, 0) is 69.1 Å². The molecule has 0 aliphatic rings. The van der Waals surface area contributed by atoms with E-state index >= 15 is 0 Å². The van der Waals surface area contributed by atoms with Gasteiger partial charge in [0.15, 0.2) is 0 Å². The molecule has 0 fully saturated rings. The number of imide groups is 1. The van der Waals surface area contributed by atoms with Crippen molar-refractivity contribution >= 4 is 23.8 Å². The van der Waals surface area contributed by atoms with Gasteiger partial charge in [0.25, 0.3) is 0 Å². The summed E-state index contributed by atoms with van der Waals surface area (Å²) in [5.74, 6) is -2.63. The number of alkyl carbamates (subject to hydrolysis) is 1. The van der Waals surface area contributed by atoms with Crippen LogP contribution in [-0.2, 0) is 38.4 Å². The van der Waals surface area contributed by atoms with Crippen molar-refractivity contribution in [1.29, 1.82) is 0 Å². The lowest BCUT2D eigenvalue weighted by Gasteiger charge is -2.27. The van der Waals surface area contributed by atoms with E-state index in [2.05, 4.69) is 16.0 Å². The summed E-state index contributed by atoms with van der Waals surface area (Å²) in [5, 5.41) is 19.0. The van der Waals surface area contributed by atoms with Crippen molar-refractivity contribution in [3.8, 4) is 0 Å². The number of carbonyl (C=O) groups excluding carboxylic acids is 4. The Balaban J connectivity index is 1.81. The smallest absolute Gasteiger partial charge is 0.408 e. The molecule has 3 rings (SSSR count). The van der Waals surface area contributed by atoms with E-state index < -0.39 is 59.6 Å². The molecule has 0 aliphatic heterocycles. The second-order valence-electron chi connectivity index (χ2n) is 14.0. The Morgan fingerprint density at radius 2 is 1.16 bits per heavy atom. The largest absolute Gasteiger partial charge is 0.444 e. The molecule has 0 radical (unpaired) electrons. The minimum atomic E-state index is -1.14. The first-order valence-electron chi connectivity index (χ1n) is 16.9. The highest BCUT2D eigenvalue weighted by atomic mass is 16.6. The molecule has 264 valence electrons. The van der Waals surface area contributed by atoms with Crippen LogP contribution in [0.2, 0.25) is 0 Å². The molecule has 0 aliphatic carbocycles. The van der Waals surface area contributed by atoms with Crippen LogP contribution in [0, 0.1) is 11.8 Å². The minimum Gasteiger partial charge on any atom is -0.444 e. The van der Waals surface area contributed by atoms with Crippen molar-refractivity contribution in [3.63, 3.8) is 0 Å². The first kappa shape index (κ1) is 38.9. The van der Waals surface area contributed by atoms with Gasteiger partial charge in [0, 0.05) is 18.4 Å². The first-order chi connectivity index (χ1) is 23.2. The second-order valence-corrected chi connectivity index (χ2v) is 14.0. The van der Waals surface area contributed by atoms with Crippen LogP contribution in [-0.4, -0.2) is 58.8 Å². The van der Waals surface area contributed by atoms with Crippen LogP contribution in [0.25, 0.3) is 0 Å². The molecule has 6 N–H and O–H groups in total. The molecule has 0 saturated carbocycles. The Morgan fingerprint density at radius 3 is 1.65 bits per heavy atom. The molecule has 10 heteroatoms. The number of ether oxygens (including phenoxy) is 1. The summed E-state index contributed by atoms with van der Waals surface area (Å²) < 4.78 is 5.37. The van der Waals surface area contributed by atoms with Gasteiger partial charge in [-0.2, -0.15) is 0 Å². The molecular formula is C39H52N4O6. The molecule has 3 aromatic carbocycles. The number of nitrogens with two attached hydrogens (primary N) is 1. The summed E-state index contributed by atoms with van der Waals surface area (Å²) in [7, 11) is 0. The monoisotopic (exact) mass is 672 g/mol. The third-order valence-corrected chi connectivity index (χ3v) is 7.91. The lowest BCUT2D eigenvalue weighted by molar-refractivity contribution is -0.136. The van der Waals surface area contributed by atoms with E-state index in [0.29, 0.717) is 12.8 Å². The lowest BCUT2D eigenvalue weighted by atomic mass is 9.89. The maximum absolute atomic E-state index is 13.8. The Morgan fingerprint density at radius 1 is 0.673 bits per heavy atom. The second kappa shape index (κ2) is 18.9. The highest BCUT2D eigenvalue weighted by Gasteiger charge is 2.32. The van der Waals surface area contributed by atoms with E-state index in [0.717, 1.165) is 16.7 Å². The first-order valence-corrected chi connectivity index (χ1v) is 16.9. The van der Waals surface area contributed by atoms with Crippen molar-refractivity contribution in [1.82, 2.24) is 16.0 Å². The van der Waals surface area contributed by atoms with E-state index in [4.69, 9.17) is 10.5 Å². The van der Waals surface area contributed by atoms with Gasteiger partial charge in [-0.1, -0.05) is 105 Å². The average Bonchev–Trinajstić information content (AvgIpc) is 3.04. The predicted molar refractivity (Wildman–Crippen MR) is 190 cm³/mol. The molecule has 4 amide bonds. The van der Waals surface area contributed by atoms with Crippen LogP contribution in [0.1, 0.15) is 64.2 Å². The maximum Gasteiger partial charge on any atom is 0.408 e. The lowest BCUT2D eigenvalue weighted by Crippen LogP contribution is -2.56. The number of aliphatic hydroxyl groups excluding tert-OH is 1. The topological polar surface area (TPSA) is 160 Å². The predicted octanol–water partition coefficient (Wildman–Crippen LogP) is 4.48. The molecule has 49 heavy (non-hydrogen) atoms. The quantitative estimate of drug-likeness (QED) is 0.150. The molecule has 10 nitrogen and oxygen atoms in total. The van der Waals surface area contributed by atoms with E-state index in [9.17, 15) is 24.3 Å². The van der Waals surface area contributed by atoms with Crippen LogP contribution in [0.15, 0.2) is 91.0 Å². The van der Waals surface area contributed by atoms with Gasteiger partial charge >= 0.3 is 6.09 Å². The van der Waals surface area contributed by atoms with Crippen LogP contribution in [0.4, 0.5) is 4.79 Å². The minimum absolute atomic E-state index is 0.0218. The number of carbonyl (C=O) groups is 4. The maximum atomic E-state index is 13.8. The standard InChI is InChI=1S/C39H52N4O6/c1-26(2)21-32(42-38(48)49-39(3,4)5)36(46)41-33(24-29-19-13-8-14-20-29)37(47)43-35(45)30(22-27-15-9-6-10-16-27)25-34(44)31(40)23-28-17-11-7-12-18-28/h6-20,26,30-34,44H,21-25,40H2,1-5H3,(H,41,46)(H,42,48)(H,43,45,47)/t30-,31+,32?,33?,34+/m1/s1. The number of hydrogen-bond donors (Lipinski definition) is 5. The summed E-state index contributed by atoms with van der Waals surface area (Å²) >= 11 is 0. The highest BCUT2D eigenvalue weighted by molar-refractivity contribution is 6.00. The normalized spacial score (nSPS) is 14.5. The molecule has 5 atom stereocenters. The number of aliphatic hydroxyl groups is 1. The van der Waals surface area contributed by atoms with Gasteiger partial charge in [-0.25, -0.2) is 4.79 Å². The van der Waals surface area contributed by atoms with Crippen molar-refractivity contribution in [2.24, 2.45) is 17.6 Å². The Kier molecular flexibility index (Phi) is 15.0. The summed E-state index contributed by atoms with van der Waals surface area (Å²) in [6.45, 7) is 9.00. The summed E-state index contributed by atoms with van der Waals surface area (Å²) in [6, 6.07) is 25.2. The van der Waals surface area contributed by atoms with Crippen LogP contribution in [0.3, 0.4) is 0 Å². The van der Waals surface area contributed by atoms with Gasteiger partial charge in [-0.3, -0.25) is 19.7 Å². The molecule has 3 aromatic rings. The highest BCUT2D eigenvalue weighted by Crippen LogP contribution is 2.19. The summed E-state index contributed by atoms with van der Waals surface area (Å²) in [6.07, 6.45) is -0.675. The molecule has 0 heterocycles. The van der Waals surface area contributed by atoms with Crippen molar-refractivity contribution in [2.75, 3.05) is 0 Å². The average molecular weight is 673 g/mol. The van der Waals surface area contributed by atoms with Crippen LogP contribution in [0.5, 0.6) is 0 Å².